The Morgan fingerprint density at radius 2 is 2.00 bits per heavy atom. The number of carbonyl (C=O) groups is 1. The Morgan fingerprint density at radius 3 is 2.47 bits per heavy atom. The average molecular weight is 268 g/mol. The van der Waals surface area contributed by atoms with Gasteiger partial charge in [-0.1, -0.05) is 0 Å². The Bertz CT molecular complexity index is 639. The van der Waals surface area contributed by atoms with Gasteiger partial charge in [0.2, 0.25) is 0 Å². The highest BCUT2D eigenvalue weighted by Gasteiger charge is 2.11. The van der Waals surface area contributed by atoms with Crippen molar-refractivity contribution in [2.45, 2.75) is 13.5 Å². The van der Waals surface area contributed by atoms with Crippen molar-refractivity contribution in [3.05, 3.63) is 26.9 Å². The van der Waals surface area contributed by atoms with Crippen LogP contribution >= 0.6 is 0 Å². The molecular formula is C11H16N4O4. The summed E-state index contributed by atoms with van der Waals surface area (Å²) in [4.78, 5) is 40.0. The Labute approximate surface area is 109 Å². The molecule has 1 N–H and O–H groups in total. The molecule has 1 rings (SSSR count). The zero-order valence-corrected chi connectivity index (χ0v) is 11.2. The van der Waals surface area contributed by atoms with E-state index in [1.165, 1.54) is 7.05 Å². The van der Waals surface area contributed by atoms with Gasteiger partial charge in [-0.2, -0.15) is 0 Å². The maximum atomic E-state index is 11.9. The fourth-order valence-corrected chi connectivity index (χ4v) is 1.31. The fraction of sp³-hybridized carbons (Fsp3) is 0.455. The van der Waals surface area contributed by atoms with Crippen molar-refractivity contribution in [3.8, 4) is 0 Å². The van der Waals surface area contributed by atoms with Gasteiger partial charge in [0, 0.05) is 27.2 Å². The summed E-state index contributed by atoms with van der Waals surface area (Å²) in [6.45, 7) is 1.06. The molecule has 0 aromatic carbocycles. The van der Waals surface area contributed by atoms with Gasteiger partial charge in [0.25, 0.3) is 5.56 Å². The second kappa shape index (κ2) is 5.51. The molecule has 0 saturated carbocycles. The predicted octanol–water partition coefficient (Wildman–Crippen LogP) is -0.757. The van der Waals surface area contributed by atoms with E-state index in [-0.39, 0.29) is 5.82 Å². The third-order valence-corrected chi connectivity index (χ3v) is 2.60. The van der Waals surface area contributed by atoms with E-state index in [2.05, 4.69) is 4.99 Å². The minimum Gasteiger partial charge on any atom is -0.480 e. The fourth-order valence-electron chi connectivity index (χ4n) is 1.31. The lowest BCUT2D eigenvalue weighted by molar-refractivity contribution is -0.137. The van der Waals surface area contributed by atoms with Crippen LogP contribution in [-0.4, -0.2) is 45.0 Å². The largest absolute Gasteiger partial charge is 0.480 e. The van der Waals surface area contributed by atoms with E-state index in [1.807, 2.05) is 0 Å². The first-order chi connectivity index (χ1) is 8.73. The number of amidine groups is 1. The van der Waals surface area contributed by atoms with Crippen LogP contribution in [-0.2, 0) is 18.4 Å². The Morgan fingerprint density at radius 1 is 1.42 bits per heavy atom. The number of hydrogen-bond acceptors (Lipinski definition) is 4. The van der Waals surface area contributed by atoms with Gasteiger partial charge in [-0.3, -0.25) is 14.2 Å². The van der Waals surface area contributed by atoms with Gasteiger partial charge < -0.3 is 10.0 Å². The third kappa shape index (κ3) is 3.30. The first-order valence-electron chi connectivity index (χ1n) is 5.49. The molecule has 0 aliphatic rings. The maximum absolute atomic E-state index is 11.9. The van der Waals surface area contributed by atoms with Crippen molar-refractivity contribution in [2.24, 2.45) is 12.0 Å². The molecule has 0 aliphatic heterocycles. The molecule has 1 aromatic rings. The van der Waals surface area contributed by atoms with Crippen LogP contribution in [0.5, 0.6) is 0 Å². The standard InChI is InChI=1S/C11H16N4O4/c1-7(13(2)3)12-8-5-9(16)15(6-10(17)18)11(19)14(8)4/h5H,6H2,1-4H3,(H,17,18). The molecule has 1 heterocycles. The highest BCUT2D eigenvalue weighted by molar-refractivity contribution is 5.81. The molecule has 104 valence electrons. The van der Waals surface area contributed by atoms with Crippen molar-refractivity contribution in [3.63, 3.8) is 0 Å². The number of rotatable bonds is 3. The van der Waals surface area contributed by atoms with Crippen LogP contribution in [0.3, 0.4) is 0 Å². The Balaban J connectivity index is 3.42. The lowest BCUT2D eigenvalue weighted by atomic mass is 10.5. The molecule has 19 heavy (non-hydrogen) atoms. The SMILES string of the molecule is CC(=Nc1cc(=O)n(CC(=O)O)c(=O)n1C)N(C)C. The van der Waals surface area contributed by atoms with Gasteiger partial charge in [-0.05, 0) is 6.92 Å². The summed E-state index contributed by atoms with van der Waals surface area (Å²) in [6.07, 6.45) is 0. The summed E-state index contributed by atoms with van der Waals surface area (Å²) in [6, 6.07) is 1.14. The Kier molecular flexibility index (Phi) is 4.26. The third-order valence-electron chi connectivity index (χ3n) is 2.60. The van der Waals surface area contributed by atoms with Crippen LogP contribution in [0.25, 0.3) is 0 Å². The topological polar surface area (TPSA) is 96.9 Å². The molecule has 0 amide bonds. The van der Waals surface area contributed by atoms with Crippen molar-refractivity contribution in [2.75, 3.05) is 14.1 Å². The number of carboxylic acids is 1. The lowest BCUT2D eigenvalue weighted by Gasteiger charge is -2.12. The van der Waals surface area contributed by atoms with E-state index in [9.17, 15) is 14.4 Å². The zero-order valence-electron chi connectivity index (χ0n) is 11.2. The first kappa shape index (κ1) is 14.7. The summed E-state index contributed by atoms with van der Waals surface area (Å²) in [5.74, 6) is -0.451. The van der Waals surface area contributed by atoms with Gasteiger partial charge in [-0.15, -0.1) is 0 Å². The van der Waals surface area contributed by atoms with Gasteiger partial charge in [-0.25, -0.2) is 14.4 Å². The maximum Gasteiger partial charge on any atom is 0.332 e. The summed E-state index contributed by atoms with van der Waals surface area (Å²) < 4.78 is 1.78. The van der Waals surface area contributed by atoms with Crippen LogP contribution in [0.2, 0.25) is 0 Å². The second-order valence-corrected chi connectivity index (χ2v) is 4.22. The summed E-state index contributed by atoms with van der Waals surface area (Å²) in [5, 5.41) is 8.65. The molecule has 8 nitrogen and oxygen atoms in total. The monoisotopic (exact) mass is 268 g/mol. The first-order valence-corrected chi connectivity index (χ1v) is 5.49. The normalized spacial score (nSPS) is 11.5. The predicted molar refractivity (Wildman–Crippen MR) is 70.0 cm³/mol. The quantitative estimate of drug-likeness (QED) is 0.574. The van der Waals surface area contributed by atoms with E-state index >= 15 is 0 Å². The number of hydrogen-bond donors (Lipinski definition) is 1. The molecule has 1 aromatic heterocycles. The van der Waals surface area contributed by atoms with Crippen LogP contribution in [0, 0.1) is 0 Å². The molecular weight excluding hydrogens is 252 g/mol. The molecule has 0 spiro atoms. The minimum atomic E-state index is -1.25. The summed E-state index contributed by atoms with van der Waals surface area (Å²) in [7, 11) is 4.99. The highest BCUT2D eigenvalue weighted by Crippen LogP contribution is 2.05. The molecule has 0 radical (unpaired) electrons. The van der Waals surface area contributed by atoms with Gasteiger partial charge in [0.1, 0.15) is 18.2 Å². The van der Waals surface area contributed by atoms with E-state index in [0.29, 0.717) is 10.4 Å². The lowest BCUT2D eigenvalue weighted by Crippen LogP contribution is -2.40. The second-order valence-electron chi connectivity index (χ2n) is 4.22. The van der Waals surface area contributed by atoms with Crippen LogP contribution in [0.1, 0.15) is 6.92 Å². The average Bonchev–Trinajstić information content (AvgIpc) is 2.30. The molecule has 0 bridgehead atoms. The molecule has 0 fully saturated rings. The number of aliphatic carboxylic acids is 1. The molecule has 0 aliphatic carbocycles. The summed E-state index contributed by atoms with van der Waals surface area (Å²) >= 11 is 0. The zero-order chi connectivity index (χ0) is 14.7. The molecule has 0 saturated heterocycles. The van der Waals surface area contributed by atoms with Crippen LogP contribution < -0.4 is 11.2 Å². The summed E-state index contributed by atoms with van der Waals surface area (Å²) in [5.41, 5.74) is -1.39. The van der Waals surface area contributed by atoms with E-state index in [1.54, 1.807) is 25.9 Å². The number of carboxylic acid groups (broad SMARTS) is 1. The van der Waals surface area contributed by atoms with Gasteiger partial charge >= 0.3 is 11.7 Å². The van der Waals surface area contributed by atoms with Crippen molar-refractivity contribution in [1.29, 1.82) is 0 Å². The molecule has 0 unspecified atom stereocenters. The van der Waals surface area contributed by atoms with E-state index < -0.39 is 23.8 Å². The highest BCUT2D eigenvalue weighted by atomic mass is 16.4. The van der Waals surface area contributed by atoms with Crippen molar-refractivity contribution < 1.29 is 9.90 Å². The van der Waals surface area contributed by atoms with Gasteiger partial charge in [0.05, 0.1) is 0 Å². The van der Waals surface area contributed by atoms with Crippen molar-refractivity contribution in [1.82, 2.24) is 14.0 Å². The number of aliphatic imine (C=N–C) groups is 1. The van der Waals surface area contributed by atoms with Gasteiger partial charge in [0.15, 0.2) is 0 Å². The van der Waals surface area contributed by atoms with Crippen LogP contribution in [0.4, 0.5) is 5.82 Å². The smallest absolute Gasteiger partial charge is 0.332 e. The van der Waals surface area contributed by atoms with E-state index in [0.717, 1.165) is 10.6 Å². The van der Waals surface area contributed by atoms with Crippen molar-refractivity contribution >= 4 is 17.6 Å². The molecule has 0 atom stereocenters. The number of aromatic nitrogens is 2. The van der Waals surface area contributed by atoms with Crippen LogP contribution in [0.15, 0.2) is 20.6 Å². The number of nitrogens with zero attached hydrogens (tertiary/aromatic N) is 4. The van der Waals surface area contributed by atoms with E-state index in [4.69, 9.17) is 5.11 Å². The Hall–Kier alpha value is -2.38. The molecule has 8 heteroatoms. The minimum absolute atomic E-state index is 0.183.